The van der Waals surface area contributed by atoms with E-state index in [2.05, 4.69) is 0 Å². The molecule has 1 aromatic carbocycles. The minimum atomic E-state index is -4.19. The zero-order valence-corrected chi connectivity index (χ0v) is 12.5. The summed E-state index contributed by atoms with van der Waals surface area (Å²) in [6, 6.07) is 7.07. The van der Waals surface area contributed by atoms with Crippen LogP contribution in [0.2, 0.25) is 0 Å². The number of ether oxygens (including phenoxy) is 2. The van der Waals surface area contributed by atoms with E-state index >= 15 is 0 Å². The van der Waals surface area contributed by atoms with Crippen molar-refractivity contribution in [3.63, 3.8) is 0 Å². The molecule has 0 saturated heterocycles. The minimum Gasteiger partial charge on any atom is -0.480 e. The number of esters is 1. The van der Waals surface area contributed by atoms with Gasteiger partial charge in [0.05, 0.1) is 4.90 Å². The molecule has 1 aliphatic rings. The van der Waals surface area contributed by atoms with E-state index in [1.807, 2.05) is 0 Å². The lowest BCUT2D eigenvalue weighted by molar-refractivity contribution is -0.221. The molecule has 1 aromatic rings. The number of carbonyl (C=O) groups is 2. The van der Waals surface area contributed by atoms with Crippen LogP contribution in [0.15, 0.2) is 46.7 Å². The van der Waals surface area contributed by atoms with Crippen molar-refractivity contribution in [1.29, 1.82) is 0 Å². The summed E-state index contributed by atoms with van der Waals surface area (Å²) >= 11 is 0. The molecule has 0 spiro atoms. The van der Waals surface area contributed by atoms with Crippen LogP contribution in [0.25, 0.3) is 0 Å². The molecule has 0 atom stereocenters. The van der Waals surface area contributed by atoms with Crippen LogP contribution in [0.3, 0.4) is 0 Å². The Labute approximate surface area is 126 Å². The van der Waals surface area contributed by atoms with E-state index in [1.165, 1.54) is 38.1 Å². The van der Waals surface area contributed by atoms with E-state index in [-0.39, 0.29) is 4.90 Å². The predicted molar refractivity (Wildman–Crippen MR) is 72.7 cm³/mol. The fraction of sp³-hybridized carbons (Fsp3) is 0.231. The molecule has 0 radical (unpaired) electrons. The maximum atomic E-state index is 12.0. The number of benzene rings is 1. The highest BCUT2D eigenvalue weighted by molar-refractivity contribution is 7.90. The van der Waals surface area contributed by atoms with Gasteiger partial charge in [-0.05, 0) is 12.1 Å². The molecule has 1 amide bonds. The Morgan fingerprint density at radius 1 is 1.18 bits per heavy atom. The van der Waals surface area contributed by atoms with Gasteiger partial charge in [-0.3, -0.25) is 4.79 Å². The second-order valence-electron chi connectivity index (χ2n) is 4.82. The average Bonchev–Trinajstić information content (AvgIpc) is 2.36. The first-order valence-electron chi connectivity index (χ1n) is 6.10. The molecule has 2 rings (SSSR count). The van der Waals surface area contributed by atoms with Crippen molar-refractivity contribution in [1.82, 2.24) is 4.72 Å². The van der Waals surface area contributed by atoms with Gasteiger partial charge in [0.15, 0.2) is 0 Å². The van der Waals surface area contributed by atoms with Crippen LogP contribution in [0.5, 0.6) is 0 Å². The van der Waals surface area contributed by atoms with Crippen LogP contribution >= 0.6 is 0 Å². The van der Waals surface area contributed by atoms with Gasteiger partial charge < -0.3 is 14.6 Å². The fourth-order valence-electron chi connectivity index (χ4n) is 1.69. The number of amides is 1. The summed E-state index contributed by atoms with van der Waals surface area (Å²) in [6.45, 7) is 2.69. The quantitative estimate of drug-likeness (QED) is 0.615. The Morgan fingerprint density at radius 2 is 1.77 bits per heavy atom. The Morgan fingerprint density at radius 3 is 2.32 bits per heavy atom. The van der Waals surface area contributed by atoms with Crippen LogP contribution in [0.1, 0.15) is 13.8 Å². The van der Waals surface area contributed by atoms with Crippen LogP contribution < -0.4 is 4.72 Å². The summed E-state index contributed by atoms with van der Waals surface area (Å²) in [7, 11) is -4.19. The van der Waals surface area contributed by atoms with Gasteiger partial charge in [0.25, 0.3) is 21.7 Å². The number of nitrogens with one attached hydrogen (secondary N) is 1. The molecule has 0 unspecified atom stereocenters. The van der Waals surface area contributed by atoms with Crippen LogP contribution in [0, 0.1) is 0 Å². The largest absolute Gasteiger partial charge is 0.480 e. The number of aliphatic hydroxyl groups is 1. The molecule has 9 heteroatoms. The molecule has 0 aromatic heterocycles. The lowest BCUT2D eigenvalue weighted by Crippen LogP contribution is -2.42. The van der Waals surface area contributed by atoms with Gasteiger partial charge in [0.2, 0.25) is 5.57 Å². The van der Waals surface area contributed by atoms with Gasteiger partial charge in [-0.25, -0.2) is 17.9 Å². The summed E-state index contributed by atoms with van der Waals surface area (Å²) in [4.78, 5) is 23.5. The molecule has 0 aliphatic carbocycles. The molecule has 0 saturated carbocycles. The van der Waals surface area contributed by atoms with E-state index in [0.29, 0.717) is 0 Å². The van der Waals surface area contributed by atoms with E-state index in [4.69, 9.17) is 9.47 Å². The molecule has 0 fully saturated rings. The molecular formula is C13H13NO7S. The average molecular weight is 327 g/mol. The number of hydrogen-bond donors (Lipinski definition) is 2. The minimum absolute atomic E-state index is 0.172. The molecule has 1 aliphatic heterocycles. The lowest BCUT2D eigenvalue weighted by atomic mass is 10.2. The van der Waals surface area contributed by atoms with E-state index < -0.39 is 39.2 Å². The molecular weight excluding hydrogens is 314 g/mol. The number of cyclic esters (lactones) is 1. The summed E-state index contributed by atoms with van der Waals surface area (Å²) in [5, 5.41) is 9.61. The maximum Gasteiger partial charge on any atom is 0.354 e. The van der Waals surface area contributed by atoms with E-state index in [1.54, 1.807) is 10.8 Å². The molecule has 0 bridgehead atoms. The predicted octanol–water partition coefficient (Wildman–Crippen LogP) is 0.571. The SMILES string of the molecule is CC1(C)OC(=O)C(C(=O)NS(=O)(=O)c2ccccc2)=C(O)O1. The number of aliphatic hydroxyl groups excluding tert-OH is 1. The van der Waals surface area contributed by atoms with Gasteiger partial charge in [0, 0.05) is 13.8 Å². The number of rotatable bonds is 3. The third-order valence-corrected chi connectivity index (χ3v) is 3.95. The van der Waals surface area contributed by atoms with Gasteiger partial charge in [0.1, 0.15) is 0 Å². The fourth-order valence-corrected chi connectivity index (χ4v) is 2.67. The Bertz CT molecular complexity index is 750. The van der Waals surface area contributed by atoms with Crippen molar-refractivity contribution in [3.05, 3.63) is 41.9 Å². The molecule has 1 heterocycles. The van der Waals surface area contributed by atoms with Crippen molar-refractivity contribution in [2.45, 2.75) is 24.5 Å². The Kier molecular flexibility index (Phi) is 3.84. The van der Waals surface area contributed by atoms with Gasteiger partial charge in [-0.1, -0.05) is 18.2 Å². The smallest absolute Gasteiger partial charge is 0.354 e. The highest BCUT2D eigenvalue weighted by Crippen LogP contribution is 2.25. The molecule has 8 nitrogen and oxygen atoms in total. The van der Waals surface area contributed by atoms with E-state index in [0.717, 1.165) is 0 Å². The van der Waals surface area contributed by atoms with Crippen LogP contribution in [-0.2, 0) is 29.1 Å². The second-order valence-corrected chi connectivity index (χ2v) is 6.50. The van der Waals surface area contributed by atoms with Crippen molar-refractivity contribution >= 4 is 21.9 Å². The van der Waals surface area contributed by atoms with Gasteiger partial charge in [-0.2, -0.15) is 0 Å². The van der Waals surface area contributed by atoms with Crippen molar-refractivity contribution < 1.29 is 32.6 Å². The third kappa shape index (κ3) is 3.19. The highest BCUT2D eigenvalue weighted by atomic mass is 32.2. The zero-order valence-electron chi connectivity index (χ0n) is 11.7. The van der Waals surface area contributed by atoms with Gasteiger partial charge >= 0.3 is 11.9 Å². The van der Waals surface area contributed by atoms with Crippen molar-refractivity contribution in [3.8, 4) is 0 Å². The molecule has 118 valence electrons. The Balaban J connectivity index is 2.28. The van der Waals surface area contributed by atoms with Gasteiger partial charge in [-0.15, -0.1) is 0 Å². The number of sulfonamides is 1. The number of carbonyl (C=O) groups excluding carboxylic acids is 2. The maximum absolute atomic E-state index is 12.0. The zero-order chi connectivity index (χ0) is 16.5. The summed E-state index contributed by atoms with van der Waals surface area (Å²) < 4.78 is 35.3. The standard InChI is InChI=1S/C13H13NO7S/c1-13(2)20-11(16)9(12(17)21-13)10(15)14-22(18,19)8-6-4-3-5-7-8/h3-7,16H,1-2H3,(H,14,15). The molecule has 2 N–H and O–H groups in total. The van der Waals surface area contributed by atoms with Crippen molar-refractivity contribution in [2.24, 2.45) is 0 Å². The first-order valence-corrected chi connectivity index (χ1v) is 7.58. The third-order valence-electron chi connectivity index (χ3n) is 2.61. The number of hydrogen-bond acceptors (Lipinski definition) is 7. The highest BCUT2D eigenvalue weighted by Gasteiger charge is 2.40. The first-order chi connectivity index (χ1) is 10.1. The van der Waals surface area contributed by atoms with Crippen molar-refractivity contribution in [2.75, 3.05) is 0 Å². The summed E-state index contributed by atoms with van der Waals surface area (Å²) in [6.07, 6.45) is 0. The second kappa shape index (κ2) is 5.34. The first kappa shape index (κ1) is 15.8. The summed E-state index contributed by atoms with van der Waals surface area (Å²) in [5.74, 6) is -4.98. The topological polar surface area (TPSA) is 119 Å². The normalized spacial score (nSPS) is 17.5. The summed E-state index contributed by atoms with van der Waals surface area (Å²) in [5.41, 5.74) is -0.918. The molecule has 22 heavy (non-hydrogen) atoms. The van der Waals surface area contributed by atoms with Crippen LogP contribution in [-0.4, -0.2) is 31.2 Å². The lowest BCUT2D eigenvalue weighted by Gasteiger charge is -2.30. The Hall–Kier alpha value is -2.55. The van der Waals surface area contributed by atoms with E-state index in [9.17, 15) is 23.1 Å². The monoisotopic (exact) mass is 327 g/mol. The van der Waals surface area contributed by atoms with Crippen LogP contribution in [0.4, 0.5) is 0 Å².